The van der Waals surface area contributed by atoms with Gasteiger partial charge in [-0.05, 0) is 30.7 Å². The molecule has 0 aliphatic carbocycles. The van der Waals surface area contributed by atoms with E-state index in [0.717, 1.165) is 16.7 Å². The van der Waals surface area contributed by atoms with Crippen LogP contribution in [-0.4, -0.2) is 18.7 Å². The Hall–Kier alpha value is -2.03. The third-order valence-electron chi connectivity index (χ3n) is 4.09. The Kier molecular flexibility index (Phi) is 2.93. The Labute approximate surface area is 118 Å². The van der Waals surface area contributed by atoms with Gasteiger partial charge in [-0.1, -0.05) is 30.3 Å². The molecule has 0 spiro atoms. The average molecular weight is 270 g/mol. The summed E-state index contributed by atoms with van der Waals surface area (Å²) in [5.41, 5.74) is 0.721. The van der Waals surface area contributed by atoms with E-state index < -0.39 is 5.60 Å². The monoisotopic (exact) mass is 270 g/mol. The maximum absolute atomic E-state index is 11.7. The highest BCUT2D eigenvalue weighted by Gasteiger charge is 2.43. The van der Waals surface area contributed by atoms with Crippen LogP contribution in [0.3, 0.4) is 0 Å². The number of methoxy groups -OCH3 is 1. The fourth-order valence-corrected chi connectivity index (χ4v) is 3.02. The molecule has 0 bridgehead atoms. The van der Waals surface area contributed by atoms with E-state index in [2.05, 4.69) is 18.2 Å². The summed E-state index contributed by atoms with van der Waals surface area (Å²) < 4.78 is 10.9. The van der Waals surface area contributed by atoms with Gasteiger partial charge in [0.25, 0.3) is 0 Å². The Morgan fingerprint density at radius 2 is 2.00 bits per heavy atom. The lowest BCUT2D eigenvalue weighted by Crippen LogP contribution is -2.32. The summed E-state index contributed by atoms with van der Waals surface area (Å²) in [4.78, 5) is 11.7. The van der Waals surface area contributed by atoms with Crippen LogP contribution in [0.1, 0.15) is 31.7 Å². The van der Waals surface area contributed by atoms with Crippen molar-refractivity contribution in [2.75, 3.05) is 7.11 Å². The molecule has 0 radical (unpaired) electrons. The van der Waals surface area contributed by atoms with E-state index in [1.165, 1.54) is 12.5 Å². The number of hydrogen-bond acceptors (Lipinski definition) is 3. The first-order chi connectivity index (χ1) is 9.53. The second-order valence-electron chi connectivity index (χ2n) is 5.74. The van der Waals surface area contributed by atoms with Gasteiger partial charge in [0.1, 0.15) is 11.4 Å². The van der Waals surface area contributed by atoms with Crippen LogP contribution < -0.4 is 4.74 Å². The molecule has 0 fully saturated rings. The second kappa shape index (κ2) is 4.51. The van der Waals surface area contributed by atoms with Gasteiger partial charge < -0.3 is 9.47 Å². The zero-order chi connectivity index (χ0) is 14.3. The summed E-state index contributed by atoms with van der Waals surface area (Å²) in [5.74, 6) is 0.686. The molecule has 1 atom stereocenters. The third-order valence-corrected chi connectivity index (χ3v) is 4.09. The normalized spacial score (nSPS) is 19.4. The minimum absolute atomic E-state index is 0.0102. The van der Waals surface area contributed by atoms with Crippen LogP contribution in [0.4, 0.5) is 0 Å². The first kappa shape index (κ1) is 13.0. The van der Waals surface area contributed by atoms with Gasteiger partial charge in [-0.25, -0.2) is 0 Å². The topological polar surface area (TPSA) is 35.5 Å². The zero-order valence-electron chi connectivity index (χ0n) is 12.0. The smallest absolute Gasteiger partial charge is 0.306 e. The maximum Gasteiger partial charge on any atom is 0.306 e. The van der Waals surface area contributed by atoms with Crippen molar-refractivity contribution in [3.8, 4) is 5.75 Å². The van der Waals surface area contributed by atoms with Crippen LogP contribution in [0.15, 0.2) is 36.4 Å². The van der Waals surface area contributed by atoms with Crippen LogP contribution in [0.2, 0.25) is 0 Å². The minimum atomic E-state index is -0.402. The quantitative estimate of drug-likeness (QED) is 0.781. The molecule has 3 rings (SSSR count). The summed E-state index contributed by atoms with van der Waals surface area (Å²) in [6.45, 7) is 4.05. The summed E-state index contributed by atoms with van der Waals surface area (Å²) in [6.07, 6.45) is 0.338. The molecule has 1 heterocycles. The van der Waals surface area contributed by atoms with Gasteiger partial charge >= 0.3 is 5.97 Å². The maximum atomic E-state index is 11.7. The second-order valence-corrected chi connectivity index (χ2v) is 5.74. The molecule has 0 saturated heterocycles. The molecule has 1 aliphatic rings. The number of hydrogen-bond donors (Lipinski definition) is 0. The average Bonchev–Trinajstić information content (AvgIpc) is 2.69. The number of rotatable bonds is 2. The van der Waals surface area contributed by atoms with Gasteiger partial charge in [0.15, 0.2) is 0 Å². The van der Waals surface area contributed by atoms with Crippen LogP contribution in [0.25, 0.3) is 10.8 Å². The molecule has 20 heavy (non-hydrogen) atoms. The molecule has 3 nitrogen and oxygen atoms in total. The number of carbonyl (C=O) groups is 1. The van der Waals surface area contributed by atoms with Gasteiger partial charge in [-0.2, -0.15) is 0 Å². The lowest BCUT2D eigenvalue weighted by molar-refractivity contribution is -0.141. The highest BCUT2D eigenvalue weighted by molar-refractivity contribution is 5.89. The van der Waals surface area contributed by atoms with Crippen LogP contribution in [0.5, 0.6) is 5.75 Å². The highest BCUT2D eigenvalue weighted by atomic mass is 16.5. The largest absolute Gasteiger partial charge is 0.487 e. The van der Waals surface area contributed by atoms with Crippen molar-refractivity contribution in [2.24, 2.45) is 0 Å². The van der Waals surface area contributed by atoms with E-state index in [0.29, 0.717) is 6.42 Å². The fraction of sp³-hybridized carbons (Fsp3) is 0.353. The molecule has 0 aromatic heterocycles. The van der Waals surface area contributed by atoms with Crippen molar-refractivity contribution in [2.45, 2.75) is 31.8 Å². The van der Waals surface area contributed by atoms with Crippen molar-refractivity contribution in [3.05, 3.63) is 42.0 Å². The molecule has 0 amide bonds. The number of fused-ring (bicyclic) bond motifs is 3. The molecule has 3 heteroatoms. The van der Waals surface area contributed by atoms with Crippen molar-refractivity contribution >= 4 is 16.7 Å². The third kappa shape index (κ3) is 1.94. The van der Waals surface area contributed by atoms with E-state index in [9.17, 15) is 4.79 Å². The van der Waals surface area contributed by atoms with Gasteiger partial charge in [0, 0.05) is 11.5 Å². The Bertz CT molecular complexity index is 673. The minimum Gasteiger partial charge on any atom is -0.487 e. The number of carbonyl (C=O) groups excluding carboxylic acids is 1. The van der Waals surface area contributed by atoms with Crippen LogP contribution in [0, 0.1) is 0 Å². The number of benzene rings is 2. The number of ether oxygens (including phenoxy) is 2. The van der Waals surface area contributed by atoms with Crippen molar-refractivity contribution in [1.82, 2.24) is 0 Å². The molecular formula is C17H18O3. The summed E-state index contributed by atoms with van der Waals surface area (Å²) >= 11 is 0. The van der Waals surface area contributed by atoms with Crippen LogP contribution in [-0.2, 0) is 9.53 Å². The molecule has 2 aromatic rings. The molecule has 0 saturated carbocycles. The standard InChI is InChI=1S/C17H18O3/c1-17(2)13(10-15(18)19-3)16-12-7-5-4-6-11(12)8-9-14(16)20-17/h4-9,13H,10H2,1-3H3. The molecule has 1 aliphatic heterocycles. The van der Waals surface area contributed by atoms with Gasteiger partial charge in [0.05, 0.1) is 13.5 Å². The Morgan fingerprint density at radius 1 is 1.25 bits per heavy atom. The molecule has 0 N–H and O–H groups in total. The van der Waals surface area contributed by atoms with Crippen molar-refractivity contribution < 1.29 is 14.3 Å². The molecule has 1 unspecified atom stereocenters. The van der Waals surface area contributed by atoms with Crippen molar-refractivity contribution in [1.29, 1.82) is 0 Å². The van der Waals surface area contributed by atoms with Crippen LogP contribution >= 0.6 is 0 Å². The van der Waals surface area contributed by atoms with E-state index in [4.69, 9.17) is 9.47 Å². The molecule has 2 aromatic carbocycles. The van der Waals surface area contributed by atoms with Crippen molar-refractivity contribution in [3.63, 3.8) is 0 Å². The summed E-state index contributed by atoms with van der Waals surface area (Å²) in [5, 5.41) is 2.33. The first-order valence-electron chi connectivity index (χ1n) is 6.80. The Morgan fingerprint density at radius 3 is 2.75 bits per heavy atom. The number of esters is 1. The lowest BCUT2D eigenvalue weighted by atomic mass is 9.82. The molecular weight excluding hydrogens is 252 g/mol. The van der Waals surface area contributed by atoms with Gasteiger partial charge in [0.2, 0.25) is 0 Å². The van der Waals surface area contributed by atoms with E-state index >= 15 is 0 Å². The zero-order valence-corrected chi connectivity index (χ0v) is 12.0. The van der Waals surface area contributed by atoms with Gasteiger partial charge in [-0.3, -0.25) is 4.79 Å². The van der Waals surface area contributed by atoms with E-state index in [-0.39, 0.29) is 11.9 Å². The predicted molar refractivity (Wildman–Crippen MR) is 78.0 cm³/mol. The first-order valence-corrected chi connectivity index (χ1v) is 6.80. The fourth-order valence-electron chi connectivity index (χ4n) is 3.02. The van der Waals surface area contributed by atoms with E-state index in [1.54, 1.807) is 0 Å². The highest BCUT2D eigenvalue weighted by Crippen LogP contribution is 2.49. The van der Waals surface area contributed by atoms with Gasteiger partial charge in [-0.15, -0.1) is 0 Å². The Balaban J connectivity index is 2.17. The molecule has 104 valence electrons. The van der Waals surface area contributed by atoms with E-state index in [1.807, 2.05) is 32.0 Å². The SMILES string of the molecule is COC(=O)CC1c2c(ccc3ccccc23)OC1(C)C. The summed E-state index contributed by atoms with van der Waals surface area (Å²) in [6, 6.07) is 12.3. The predicted octanol–water partition coefficient (Wildman–Crippen LogP) is 3.66. The lowest BCUT2D eigenvalue weighted by Gasteiger charge is -2.25. The summed E-state index contributed by atoms with van der Waals surface area (Å²) in [7, 11) is 1.43.